The summed E-state index contributed by atoms with van der Waals surface area (Å²) < 4.78 is 23.5. The predicted octanol–water partition coefficient (Wildman–Crippen LogP) is 2.66. The monoisotopic (exact) mass is 361 g/mol. The molecule has 7 heteroatoms. The minimum atomic E-state index is -0.792. The van der Waals surface area contributed by atoms with Gasteiger partial charge in [0.05, 0.1) is 7.11 Å². The predicted molar refractivity (Wildman–Crippen MR) is 92.6 cm³/mol. The molecule has 0 atom stereocenters. The summed E-state index contributed by atoms with van der Waals surface area (Å²) in [5.74, 6) is -1.85. The summed E-state index contributed by atoms with van der Waals surface area (Å²) in [7, 11) is 2.88. The normalized spacial score (nSPS) is 10.3. The highest BCUT2D eigenvalue weighted by atomic mass is 19.1. The van der Waals surface area contributed by atoms with Crippen molar-refractivity contribution in [2.75, 3.05) is 20.8 Å². The highest BCUT2D eigenvalue weighted by Crippen LogP contribution is 2.20. The molecule has 0 bridgehead atoms. The van der Waals surface area contributed by atoms with Crippen molar-refractivity contribution in [1.29, 1.82) is 0 Å². The quantitative estimate of drug-likeness (QED) is 0.801. The molecule has 138 valence electrons. The van der Waals surface area contributed by atoms with Crippen LogP contribution in [0.25, 0.3) is 0 Å². The highest BCUT2D eigenvalue weighted by Gasteiger charge is 2.17. The Kier molecular flexibility index (Phi) is 6.16. The van der Waals surface area contributed by atoms with Crippen molar-refractivity contribution in [3.05, 3.63) is 58.9 Å². The van der Waals surface area contributed by atoms with Crippen LogP contribution in [0.15, 0.2) is 36.4 Å². The third kappa shape index (κ3) is 4.72. The summed E-state index contributed by atoms with van der Waals surface area (Å²) in [4.78, 5) is 25.4. The molecule has 0 aliphatic rings. The fraction of sp³-hybridized carbons (Fsp3) is 0.263. The van der Waals surface area contributed by atoms with Gasteiger partial charge in [-0.3, -0.25) is 4.79 Å². The van der Waals surface area contributed by atoms with E-state index in [1.807, 2.05) is 0 Å². The van der Waals surface area contributed by atoms with Crippen LogP contribution in [0, 0.1) is 12.7 Å². The number of amides is 1. The lowest BCUT2D eigenvalue weighted by Crippen LogP contribution is -2.30. The van der Waals surface area contributed by atoms with Gasteiger partial charge in [0.2, 0.25) is 0 Å². The number of nitrogens with zero attached hydrogens (tertiary/aromatic N) is 1. The molecule has 6 nitrogen and oxygen atoms in total. The van der Waals surface area contributed by atoms with Gasteiger partial charge < -0.3 is 19.5 Å². The van der Waals surface area contributed by atoms with E-state index < -0.39 is 24.3 Å². The number of phenolic OH excluding ortho intramolecular Hbond substituents is 1. The van der Waals surface area contributed by atoms with Crippen LogP contribution in [0.5, 0.6) is 11.5 Å². The number of carbonyl (C=O) groups is 2. The first-order valence-electron chi connectivity index (χ1n) is 7.85. The van der Waals surface area contributed by atoms with Crippen LogP contribution in [0.1, 0.15) is 21.5 Å². The number of halogens is 1. The van der Waals surface area contributed by atoms with E-state index in [1.54, 1.807) is 19.1 Å². The molecular formula is C19H20FNO5. The molecule has 2 rings (SSSR count). The van der Waals surface area contributed by atoms with E-state index >= 15 is 0 Å². The number of rotatable bonds is 6. The number of methoxy groups -OCH3 is 1. The van der Waals surface area contributed by atoms with Gasteiger partial charge in [-0.2, -0.15) is 0 Å². The highest BCUT2D eigenvalue weighted by molar-refractivity contribution is 5.93. The summed E-state index contributed by atoms with van der Waals surface area (Å²) in [6, 6.07) is 8.91. The topological polar surface area (TPSA) is 76.1 Å². The Morgan fingerprint density at radius 3 is 2.54 bits per heavy atom. The number of hydrogen-bond donors (Lipinski definition) is 1. The fourth-order valence-electron chi connectivity index (χ4n) is 2.30. The molecule has 0 aliphatic carbocycles. The van der Waals surface area contributed by atoms with Crippen molar-refractivity contribution < 1.29 is 28.6 Å². The molecule has 0 fully saturated rings. The molecule has 0 spiro atoms. The van der Waals surface area contributed by atoms with Gasteiger partial charge >= 0.3 is 5.97 Å². The van der Waals surface area contributed by atoms with E-state index in [0.29, 0.717) is 5.56 Å². The molecule has 2 aromatic carbocycles. The number of ether oxygens (including phenoxy) is 2. The number of aromatic hydroxyl groups is 1. The molecule has 0 heterocycles. The zero-order chi connectivity index (χ0) is 19.3. The number of hydrogen-bond acceptors (Lipinski definition) is 5. The average molecular weight is 361 g/mol. The largest absolute Gasteiger partial charge is 0.507 e. The number of aryl methyl sites for hydroxylation is 1. The Morgan fingerprint density at radius 1 is 1.19 bits per heavy atom. The summed E-state index contributed by atoms with van der Waals surface area (Å²) in [5.41, 5.74) is 1.35. The van der Waals surface area contributed by atoms with Crippen molar-refractivity contribution >= 4 is 11.9 Å². The van der Waals surface area contributed by atoms with Crippen LogP contribution in [-0.4, -0.2) is 42.6 Å². The van der Waals surface area contributed by atoms with Crippen molar-refractivity contribution in [2.24, 2.45) is 0 Å². The minimum Gasteiger partial charge on any atom is -0.507 e. The molecule has 2 aromatic rings. The van der Waals surface area contributed by atoms with Gasteiger partial charge in [0.1, 0.15) is 11.3 Å². The fourth-order valence-corrected chi connectivity index (χ4v) is 2.30. The van der Waals surface area contributed by atoms with Crippen LogP contribution in [0.3, 0.4) is 0 Å². The van der Waals surface area contributed by atoms with E-state index in [0.717, 1.165) is 5.56 Å². The Morgan fingerprint density at radius 2 is 1.92 bits per heavy atom. The maximum absolute atomic E-state index is 13.7. The standard InChI is InChI=1S/C19H20FNO5/c1-12-4-6-14(16(22)8-12)19(24)26-11-18(23)21(2)10-13-5-7-17(25-3)15(20)9-13/h4-9,22H,10-11H2,1-3H3. The van der Waals surface area contributed by atoms with Gasteiger partial charge in [-0.25, -0.2) is 9.18 Å². The minimum absolute atomic E-state index is 0.0109. The van der Waals surface area contributed by atoms with E-state index in [1.165, 1.54) is 43.3 Å². The number of phenols is 1. The van der Waals surface area contributed by atoms with E-state index in [-0.39, 0.29) is 23.6 Å². The SMILES string of the molecule is COc1ccc(CN(C)C(=O)COC(=O)c2ccc(C)cc2O)cc1F. The van der Waals surface area contributed by atoms with Gasteiger partial charge in [-0.1, -0.05) is 12.1 Å². The zero-order valence-electron chi connectivity index (χ0n) is 14.8. The molecule has 1 amide bonds. The average Bonchev–Trinajstić information content (AvgIpc) is 2.59. The Labute approximate surface area is 150 Å². The lowest BCUT2D eigenvalue weighted by Gasteiger charge is -2.17. The van der Waals surface area contributed by atoms with Gasteiger partial charge in [0, 0.05) is 13.6 Å². The van der Waals surface area contributed by atoms with Crippen molar-refractivity contribution in [3.8, 4) is 11.5 Å². The van der Waals surface area contributed by atoms with Crippen LogP contribution in [0.4, 0.5) is 4.39 Å². The third-order valence-corrected chi connectivity index (χ3v) is 3.76. The Hall–Kier alpha value is -3.09. The molecule has 0 aromatic heterocycles. The second-order valence-electron chi connectivity index (χ2n) is 5.82. The molecule has 1 N–H and O–H groups in total. The summed E-state index contributed by atoms with van der Waals surface area (Å²) >= 11 is 0. The van der Waals surface area contributed by atoms with Gasteiger partial charge in [-0.05, 0) is 42.3 Å². The first kappa shape index (κ1) is 19.2. The Balaban J connectivity index is 1.92. The summed E-state index contributed by atoms with van der Waals surface area (Å²) in [6.07, 6.45) is 0. The van der Waals surface area contributed by atoms with Crippen LogP contribution in [0.2, 0.25) is 0 Å². The second kappa shape index (κ2) is 8.33. The molecule has 0 radical (unpaired) electrons. The molecule has 0 unspecified atom stereocenters. The molecular weight excluding hydrogens is 341 g/mol. The van der Waals surface area contributed by atoms with Crippen LogP contribution < -0.4 is 4.74 Å². The Bertz CT molecular complexity index is 822. The lowest BCUT2D eigenvalue weighted by molar-refractivity contribution is -0.133. The van der Waals surface area contributed by atoms with Crippen molar-refractivity contribution in [2.45, 2.75) is 13.5 Å². The van der Waals surface area contributed by atoms with Crippen molar-refractivity contribution in [1.82, 2.24) is 4.90 Å². The van der Waals surface area contributed by atoms with E-state index in [4.69, 9.17) is 9.47 Å². The van der Waals surface area contributed by atoms with E-state index in [9.17, 15) is 19.1 Å². The molecule has 0 saturated heterocycles. The lowest BCUT2D eigenvalue weighted by atomic mass is 10.1. The summed E-state index contributed by atoms with van der Waals surface area (Å²) in [5, 5.41) is 9.76. The number of likely N-dealkylation sites (N-methyl/N-ethyl adjacent to an activating group) is 1. The number of esters is 1. The third-order valence-electron chi connectivity index (χ3n) is 3.76. The van der Waals surface area contributed by atoms with Gasteiger partial charge in [0.25, 0.3) is 5.91 Å². The molecule has 26 heavy (non-hydrogen) atoms. The smallest absolute Gasteiger partial charge is 0.342 e. The van der Waals surface area contributed by atoms with Crippen LogP contribution >= 0.6 is 0 Å². The second-order valence-corrected chi connectivity index (χ2v) is 5.82. The maximum atomic E-state index is 13.7. The van der Waals surface area contributed by atoms with Gasteiger partial charge in [-0.15, -0.1) is 0 Å². The first-order valence-corrected chi connectivity index (χ1v) is 7.85. The molecule has 0 aliphatic heterocycles. The van der Waals surface area contributed by atoms with Gasteiger partial charge in [0.15, 0.2) is 18.2 Å². The van der Waals surface area contributed by atoms with E-state index in [2.05, 4.69) is 0 Å². The maximum Gasteiger partial charge on any atom is 0.342 e. The van der Waals surface area contributed by atoms with Crippen molar-refractivity contribution in [3.63, 3.8) is 0 Å². The first-order chi connectivity index (χ1) is 12.3. The number of carbonyl (C=O) groups excluding carboxylic acids is 2. The zero-order valence-corrected chi connectivity index (χ0v) is 14.8. The molecule has 0 saturated carbocycles. The number of benzene rings is 2. The van der Waals surface area contributed by atoms with Crippen LogP contribution in [-0.2, 0) is 16.1 Å². The summed E-state index contributed by atoms with van der Waals surface area (Å²) in [6.45, 7) is 1.43.